The lowest BCUT2D eigenvalue weighted by Crippen LogP contribution is -2.16. The summed E-state index contributed by atoms with van der Waals surface area (Å²) < 4.78 is 88.6. The van der Waals surface area contributed by atoms with Crippen LogP contribution < -0.4 is 14.2 Å². The average molecular weight is 414 g/mol. The maximum absolute atomic E-state index is 14.1. The predicted molar refractivity (Wildman–Crippen MR) is 86.8 cm³/mol. The Morgan fingerprint density at radius 3 is 2.12 bits per heavy atom. The van der Waals surface area contributed by atoms with E-state index in [1.807, 2.05) is 4.72 Å². The number of benzene rings is 2. The highest BCUT2D eigenvalue weighted by Crippen LogP contribution is 2.36. The minimum absolute atomic E-state index is 0.0310. The lowest BCUT2D eigenvalue weighted by atomic mass is 10.2. The standard InChI is InChI=1S/C15H12ClF4NO4S/c1-24-12-6-10(17)14(7-13(12)25-2)26(22,23)21-11-4-3-8(5-9(11)16)15(18,19)20/h3-7,21H,1-2H3. The van der Waals surface area contributed by atoms with Gasteiger partial charge in [0, 0.05) is 12.1 Å². The Morgan fingerprint density at radius 1 is 1.04 bits per heavy atom. The molecule has 2 aromatic carbocycles. The topological polar surface area (TPSA) is 64.6 Å². The minimum atomic E-state index is -4.64. The summed E-state index contributed by atoms with van der Waals surface area (Å²) in [5.41, 5.74) is -1.39. The van der Waals surface area contributed by atoms with E-state index < -0.39 is 37.5 Å². The van der Waals surface area contributed by atoms with Gasteiger partial charge >= 0.3 is 6.18 Å². The molecule has 0 saturated heterocycles. The number of sulfonamides is 1. The second-order valence-electron chi connectivity index (χ2n) is 4.94. The van der Waals surface area contributed by atoms with Crippen LogP contribution in [0.1, 0.15) is 5.56 Å². The van der Waals surface area contributed by atoms with Crippen LogP contribution in [-0.4, -0.2) is 22.6 Å². The molecule has 5 nitrogen and oxygen atoms in total. The maximum Gasteiger partial charge on any atom is 0.416 e. The van der Waals surface area contributed by atoms with Gasteiger partial charge in [-0.1, -0.05) is 11.6 Å². The summed E-state index contributed by atoms with van der Waals surface area (Å²) in [5.74, 6) is -1.22. The zero-order valence-corrected chi connectivity index (χ0v) is 14.9. The number of alkyl halides is 3. The van der Waals surface area contributed by atoms with E-state index in [1.54, 1.807) is 0 Å². The summed E-state index contributed by atoms with van der Waals surface area (Å²) in [6, 6.07) is 3.73. The molecule has 0 bridgehead atoms. The summed E-state index contributed by atoms with van der Waals surface area (Å²) in [5, 5.41) is -0.496. The van der Waals surface area contributed by atoms with Crippen LogP contribution >= 0.6 is 11.6 Å². The number of hydrogen-bond acceptors (Lipinski definition) is 4. The molecule has 2 rings (SSSR count). The fourth-order valence-electron chi connectivity index (χ4n) is 2.02. The van der Waals surface area contributed by atoms with Gasteiger partial charge in [-0.25, -0.2) is 12.8 Å². The van der Waals surface area contributed by atoms with Crippen LogP contribution in [0, 0.1) is 5.82 Å². The third-order valence-corrected chi connectivity index (χ3v) is 4.96. The van der Waals surface area contributed by atoms with Crippen LogP contribution in [0.4, 0.5) is 23.2 Å². The highest BCUT2D eigenvalue weighted by molar-refractivity contribution is 7.92. The molecule has 26 heavy (non-hydrogen) atoms. The van der Waals surface area contributed by atoms with E-state index >= 15 is 0 Å². The van der Waals surface area contributed by atoms with Gasteiger partial charge in [0.05, 0.1) is 30.5 Å². The minimum Gasteiger partial charge on any atom is -0.493 e. The first-order valence-electron chi connectivity index (χ1n) is 6.80. The second-order valence-corrected chi connectivity index (χ2v) is 6.99. The molecule has 142 valence electrons. The summed E-state index contributed by atoms with van der Waals surface area (Å²) in [6.07, 6.45) is -4.64. The van der Waals surface area contributed by atoms with Crippen LogP contribution in [0.2, 0.25) is 5.02 Å². The molecule has 0 heterocycles. The molecule has 11 heteroatoms. The average Bonchev–Trinajstić information content (AvgIpc) is 2.55. The van der Waals surface area contributed by atoms with Gasteiger partial charge in [0.25, 0.3) is 10.0 Å². The lowest BCUT2D eigenvalue weighted by Gasteiger charge is -2.14. The molecule has 0 aromatic heterocycles. The number of nitrogens with one attached hydrogen (secondary N) is 1. The van der Waals surface area contributed by atoms with Crippen molar-refractivity contribution in [1.82, 2.24) is 0 Å². The number of anilines is 1. The van der Waals surface area contributed by atoms with Crippen molar-refractivity contribution in [3.8, 4) is 11.5 Å². The van der Waals surface area contributed by atoms with Crippen molar-refractivity contribution in [2.75, 3.05) is 18.9 Å². The molecule has 0 aliphatic carbocycles. The van der Waals surface area contributed by atoms with Gasteiger partial charge in [-0.15, -0.1) is 0 Å². The van der Waals surface area contributed by atoms with E-state index in [2.05, 4.69) is 0 Å². The molecule has 0 saturated carbocycles. The summed E-state index contributed by atoms with van der Waals surface area (Å²) >= 11 is 5.71. The van der Waals surface area contributed by atoms with Crippen molar-refractivity contribution in [2.24, 2.45) is 0 Å². The summed E-state index contributed by atoms with van der Waals surface area (Å²) in [6.45, 7) is 0. The molecule has 2 aromatic rings. The SMILES string of the molecule is COc1cc(F)c(S(=O)(=O)Nc2ccc(C(F)(F)F)cc2Cl)cc1OC. The van der Waals surface area contributed by atoms with Crippen molar-refractivity contribution < 1.29 is 35.5 Å². The predicted octanol–water partition coefficient (Wildman–Crippen LogP) is 4.32. The Bertz CT molecular complexity index is 932. The fourth-order valence-corrected chi connectivity index (χ4v) is 3.45. The Balaban J connectivity index is 2.44. The van der Waals surface area contributed by atoms with Gasteiger partial charge in [0.1, 0.15) is 10.7 Å². The fraction of sp³-hybridized carbons (Fsp3) is 0.200. The molecule has 0 atom stereocenters. The van der Waals surface area contributed by atoms with E-state index in [-0.39, 0.29) is 17.2 Å². The molecule has 0 spiro atoms. The molecule has 0 fully saturated rings. The normalized spacial score (nSPS) is 12.0. The summed E-state index contributed by atoms with van der Waals surface area (Å²) in [4.78, 5) is -0.786. The molecule has 1 N–H and O–H groups in total. The van der Waals surface area contributed by atoms with E-state index in [0.717, 1.165) is 18.2 Å². The lowest BCUT2D eigenvalue weighted by molar-refractivity contribution is -0.137. The van der Waals surface area contributed by atoms with Gasteiger partial charge in [-0.3, -0.25) is 4.72 Å². The molecule has 0 aliphatic rings. The molecule has 0 amide bonds. The van der Waals surface area contributed by atoms with Crippen LogP contribution in [0.5, 0.6) is 11.5 Å². The maximum atomic E-state index is 14.1. The van der Waals surface area contributed by atoms with E-state index in [4.69, 9.17) is 21.1 Å². The highest BCUT2D eigenvalue weighted by Gasteiger charge is 2.31. The van der Waals surface area contributed by atoms with E-state index in [9.17, 15) is 26.0 Å². The van der Waals surface area contributed by atoms with Gasteiger partial charge in [-0.05, 0) is 18.2 Å². The van der Waals surface area contributed by atoms with E-state index in [1.165, 1.54) is 14.2 Å². The second kappa shape index (κ2) is 7.20. The molecule has 0 unspecified atom stereocenters. The Morgan fingerprint density at radius 2 is 1.62 bits per heavy atom. The third-order valence-electron chi connectivity index (χ3n) is 3.27. The largest absolute Gasteiger partial charge is 0.493 e. The number of methoxy groups -OCH3 is 2. The van der Waals surface area contributed by atoms with Gasteiger partial charge in [0.15, 0.2) is 11.5 Å². The molecule has 0 radical (unpaired) electrons. The van der Waals surface area contributed by atoms with Gasteiger partial charge in [-0.2, -0.15) is 13.2 Å². The smallest absolute Gasteiger partial charge is 0.416 e. The van der Waals surface area contributed by atoms with E-state index in [0.29, 0.717) is 12.1 Å². The van der Waals surface area contributed by atoms with Crippen LogP contribution in [0.25, 0.3) is 0 Å². The number of rotatable bonds is 5. The Hall–Kier alpha value is -2.20. The summed E-state index contributed by atoms with van der Waals surface area (Å²) in [7, 11) is -2.03. The highest BCUT2D eigenvalue weighted by atomic mass is 35.5. The zero-order valence-electron chi connectivity index (χ0n) is 13.3. The van der Waals surface area contributed by atoms with Crippen molar-refractivity contribution in [2.45, 2.75) is 11.1 Å². The first kappa shape index (κ1) is 20.1. The number of halogens is 5. The van der Waals surface area contributed by atoms with Crippen molar-refractivity contribution in [1.29, 1.82) is 0 Å². The monoisotopic (exact) mass is 413 g/mol. The van der Waals surface area contributed by atoms with Crippen LogP contribution in [-0.2, 0) is 16.2 Å². The Kier molecular flexibility index (Phi) is 5.57. The first-order valence-corrected chi connectivity index (χ1v) is 8.67. The van der Waals surface area contributed by atoms with Crippen molar-refractivity contribution in [3.05, 3.63) is 46.7 Å². The quantitative estimate of drug-likeness (QED) is 0.742. The van der Waals surface area contributed by atoms with Crippen LogP contribution in [0.15, 0.2) is 35.2 Å². The molecular weight excluding hydrogens is 402 g/mol. The molecular formula is C15H12ClF4NO4S. The number of hydrogen-bond donors (Lipinski definition) is 1. The third kappa shape index (κ3) is 4.13. The van der Waals surface area contributed by atoms with Crippen molar-refractivity contribution in [3.63, 3.8) is 0 Å². The van der Waals surface area contributed by atoms with Crippen LogP contribution in [0.3, 0.4) is 0 Å². The Labute approximate surface area is 151 Å². The number of ether oxygens (including phenoxy) is 2. The first-order chi connectivity index (χ1) is 12.0. The van der Waals surface area contributed by atoms with Crippen molar-refractivity contribution >= 4 is 27.3 Å². The zero-order chi connectivity index (χ0) is 19.7. The molecule has 0 aliphatic heterocycles. The van der Waals surface area contributed by atoms with Gasteiger partial charge in [0.2, 0.25) is 0 Å². The van der Waals surface area contributed by atoms with Gasteiger partial charge < -0.3 is 9.47 Å².